The first-order valence-corrected chi connectivity index (χ1v) is 6.93. The molecule has 0 spiro atoms. The molecule has 21 heavy (non-hydrogen) atoms. The van der Waals surface area contributed by atoms with Crippen LogP contribution in [0.25, 0.3) is 16.8 Å². The SMILES string of the molecule is CC(C)[C@@H](CO)Nc1ccnc2c(-c3ccoc3)cnn12. The van der Waals surface area contributed by atoms with Crippen LogP contribution in [0.1, 0.15) is 13.8 Å². The van der Waals surface area contributed by atoms with Crippen molar-refractivity contribution in [2.45, 2.75) is 19.9 Å². The van der Waals surface area contributed by atoms with Gasteiger partial charge in [-0.1, -0.05) is 13.8 Å². The molecule has 6 heteroatoms. The molecule has 3 aromatic rings. The number of aromatic nitrogens is 3. The molecule has 1 atom stereocenters. The van der Waals surface area contributed by atoms with Crippen molar-refractivity contribution in [2.75, 3.05) is 11.9 Å². The van der Waals surface area contributed by atoms with E-state index in [1.54, 1.807) is 29.4 Å². The Bertz CT molecular complexity index is 718. The van der Waals surface area contributed by atoms with E-state index < -0.39 is 0 Å². The zero-order valence-electron chi connectivity index (χ0n) is 12.0. The van der Waals surface area contributed by atoms with Gasteiger partial charge in [0, 0.05) is 17.3 Å². The van der Waals surface area contributed by atoms with Crippen LogP contribution in [-0.4, -0.2) is 32.4 Å². The zero-order valence-corrected chi connectivity index (χ0v) is 12.0. The number of fused-ring (bicyclic) bond motifs is 1. The Kier molecular flexibility index (Phi) is 3.62. The average Bonchev–Trinajstić information content (AvgIpc) is 3.12. The molecule has 0 saturated heterocycles. The summed E-state index contributed by atoms with van der Waals surface area (Å²) >= 11 is 0. The van der Waals surface area contributed by atoms with Crippen molar-refractivity contribution in [3.63, 3.8) is 0 Å². The fourth-order valence-electron chi connectivity index (χ4n) is 2.24. The highest BCUT2D eigenvalue weighted by molar-refractivity contribution is 5.77. The lowest BCUT2D eigenvalue weighted by Crippen LogP contribution is -2.30. The van der Waals surface area contributed by atoms with Gasteiger partial charge in [0.1, 0.15) is 5.82 Å². The molecule has 3 aromatic heterocycles. The van der Waals surface area contributed by atoms with E-state index in [2.05, 4.69) is 29.2 Å². The van der Waals surface area contributed by atoms with Crippen molar-refractivity contribution < 1.29 is 9.52 Å². The largest absolute Gasteiger partial charge is 0.472 e. The summed E-state index contributed by atoms with van der Waals surface area (Å²) in [6.45, 7) is 4.19. The Balaban J connectivity index is 2.02. The molecule has 0 radical (unpaired) electrons. The van der Waals surface area contributed by atoms with Gasteiger partial charge in [-0.3, -0.25) is 0 Å². The minimum atomic E-state index is -0.0304. The summed E-state index contributed by atoms with van der Waals surface area (Å²) in [5.74, 6) is 1.12. The predicted octanol–water partition coefficient (Wildman–Crippen LogP) is 2.42. The maximum absolute atomic E-state index is 9.47. The van der Waals surface area contributed by atoms with Gasteiger partial charge in [0.05, 0.1) is 31.4 Å². The second-order valence-electron chi connectivity index (χ2n) is 5.31. The van der Waals surface area contributed by atoms with E-state index in [0.29, 0.717) is 5.92 Å². The quantitative estimate of drug-likeness (QED) is 0.753. The first-order valence-electron chi connectivity index (χ1n) is 6.93. The van der Waals surface area contributed by atoms with E-state index in [1.165, 1.54) is 0 Å². The molecule has 3 rings (SSSR count). The van der Waals surface area contributed by atoms with Gasteiger partial charge in [-0.2, -0.15) is 9.61 Å². The Hall–Kier alpha value is -2.34. The third kappa shape index (κ3) is 2.50. The molecule has 2 N–H and O–H groups in total. The number of hydrogen-bond donors (Lipinski definition) is 2. The molecule has 110 valence electrons. The Morgan fingerprint density at radius 2 is 2.24 bits per heavy atom. The molecule has 0 aliphatic carbocycles. The van der Waals surface area contributed by atoms with Gasteiger partial charge >= 0.3 is 0 Å². The van der Waals surface area contributed by atoms with Gasteiger partial charge in [0.2, 0.25) is 0 Å². The molecule has 0 aromatic carbocycles. The molecule has 0 amide bonds. The van der Waals surface area contributed by atoms with Crippen LogP contribution in [0, 0.1) is 5.92 Å². The monoisotopic (exact) mass is 286 g/mol. The zero-order chi connectivity index (χ0) is 14.8. The van der Waals surface area contributed by atoms with E-state index >= 15 is 0 Å². The van der Waals surface area contributed by atoms with E-state index in [1.807, 2.05) is 12.1 Å². The lowest BCUT2D eigenvalue weighted by atomic mass is 10.1. The van der Waals surface area contributed by atoms with Crippen LogP contribution in [0.4, 0.5) is 5.82 Å². The Morgan fingerprint density at radius 1 is 1.38 bits per heavy atom. The highest BCUT2D eigenvalue weighted by atomic mass is 16.3. The van der Waals surface area contributed by atoms with Gasteiger partial charge < -0.3 is 14.8 Å². The second-order valence-corrected chi connectivity index (χ2v) is 5.31. The highest BCUT2D eigenvalue weighted by Gasteiger charge is 2.16. The predicted molar refractivity (Wildman–Crippen MR) is 80.0 cm³/mol. The highest BCUT2D eigenvalue weighted by Crippen LogP contribution is 2.25. The number of furan rings is 1. The van der Waals surface area contributed by atoms with E-state index in [9.17, 15) is 5.11 Å². The Labute approximate surface area is 122 Å². The van der Waals surface area contributed by atoms with Crippen LogP contribution in [0.15, 0.2) is 41.5 Å². The maximum Gasteiger partial charge on any atom is 0.165 e. The first kappa shape index (κ1) is 13.6. The molecular weight excluding hydrogens is 268 g/mol. The topological polar surface area (TPSA) is 75.6 Å². The Morgan fingerprint density at radius 3 is 2.90 bits per heavy atom. The smallest absolute Gasteiger partial charge is 0.165 e. The van der Waals surface area contributed by atoms with Crippen LogP contribution < -0.4 is 5.32 Å². The van der Waals surface area contributed by atoms with Crippen molar-refractivity contribution in [1.82, 2.24) is 14.6 Å². The van der Waals surface area contributed by atoms with Crippen molar-refractivity contribution in [1.29, 1.82) is 0 Å². The van der Waals surface area contributed by atoms with Crippen LogP contribution in [0.2, 0.25) is 0 Å². The van der Waals surface area contributed by atoms with Crippen molar-refractivity contribution >= 4 is 11.5 Å². The number of nitrogens with zero attached hydrogens (tertiary/aromatic N) is 3. The van der Waals surface area contributed by atoms with E-state index in [-0.39, 0.29) is 12.6 Å². The fraction of sp³-hybridized carbons (Fsp3) is 0.333. The third-order valence-corrected chi connectivity index (χ3v) is 3.57. The number of rotatable bonds is 5. The van der Waals surface area contributed by atoms with Gasteiger partial charge in [-0.05, 0) is 18.1 Å². The molecule has 0 fully saturated rings. The van der Waals surface area contributed by atoms with E-state index in [0.717, 1.165) is 22.6 Å². The van der Waals surface area contributed by atoms with Gasteiger partial charge in [0.15, 0.2) is 5.65 Å². The lowest BCUT2D eigenvalue weighted by Gasteiger charge is -2.21. The van der Waals surface area contributed by atoms with Crippen LogP contribution in [-0.2, 0) is 0 Å². The summed E-state index contributed by atoms with van der Waals surface area (Å²) in [6, 6.07) is 3.70. The maximum atomic E-state index is 9.47. The van der Waals surface area contributed by atoms with Crippen LogP contribution >= 0.6 is 0 Å². The normalized spacial score (nSPS) is 13.0. The number of nitrogens with one attached hydrogen (secondary N) is 1. The standard InChI is InChI=1S/C15H18N4O2/c1-10(2)13(8-20)18-14-3-5-16-15-12(7-17-19(14)15)11-4-6-21-9-11/h3-7,9-10,13,18,20H,8H2,1-2H3/t13-/m1/s1. The van der Waals surface area contributed by atoms with Crippen molar-refractivity contribution in [3.8, 4) is 11.1 Å². The van der Waals surface area contributed by atoms with E-state index in [4.69, 9.17) is 4.42 Å². The molecule has 0 bridgehead atoms. The minimum Gasteiger partial charge on any atom is -0.472 e. The van der Waals surface area contributed by atoms with Crippen LogP contribution in [0.5, 0.6) is 0 Å². The average molecular weight is 286 g/mol. The van der Waals surface area contributed by atoms with Gasteiger partial charge in [-0.15, -0.1) is 0 Å². The molecule has 0 aliphatic rings. The molecule has 3 heterocycles. The van der Waals surface area contributed by atoms with Gasteiger partial charge in [-0.25, -0.2) is 4.98 Å². The molecule has 6 nitrogen and oxygen atoms in total. The first-order chi connectivity index (χ1) is 10.2. The van der Waals surface area contributed by atoms with Gasteiger partial charge in [0.25, 0.3) is 0 Å². The summed E-state index contributed by atoms with van der Waals surface area (Å²) in [5, 5.41) is 17.2. The summed E-state index contributed by atoms with van der Waals surface area (Å²) in [5.41, 5.74) is 2.61. The fourth-order valence-corrected chi connectivity index (χ4v) is 2.24. The second kappa shape index (κ2) is 5.57. The summed E-state index contributed by atoms with van der Waals surface area (Å²) in [6.07, 6.45) is 6.80. The number of anilines is 1. The molecule has 0 saturated carbocycles. The van der Waals surface area contributed by atoms with Crippen molar-refractivity contribution in [2.24, 2.45) is 5.92 Å². The van der Waals surface area contributed by atoms with Crippen molar-refractivity contribution in [3.05, 3.63) is 37.1 Å². The van der Waals surface area contributed by atoms with Crippen LogP contribution in [0.3, 0.4) is 0 Å². The number of aliphatic hydroxyl groups excluding tert-OH is 1. The number of aliphatic hydroxyl groups is 1. The lowest BCUT2D eigenvalue weighted by molar-refractivity contribution is 0.249. The molecule has 0 aliphatic heterocycles. The summed E-state index contributed by atoms with van der Waals surface area (Å²) in [4.78, 5) is 4.39. The summed E-state index contributed by atoms with van der Waals surface area (Å²) < 4.78 is 6.86. The molecule has 0 unspecified atom stereocenters. The minimum absolute atomic E-state index is 0.0304. The molecular formula is C15H18N4O2. The third-order valence-electron chi connectivity index (χ3n) is 3.57. The number of hydrogen-bond acceptors (Lipinski definition) is 5. The summed E-state index contributed by atoms with van der Waals surface area (Å²) in [7, 11) is 0.